The van der Waals surface area contributed by atoms with Crippen LogP contribution in [0, 0.1) is 11.6 Å². The number of urea groups is 1. The highest BCUT2D eigenvalue weighted by molar-refractivity contribution is 5.89. The molecule has 1 saturated heterocycles. The fraction of sp³-hybridized carbons (Fsp3) is 0.419. The Morgan fingerprint density at radius 1 is 1.02 bits per heavy atom. The van der Waals surface area contributed by atoms with Crippen LogP contribution in [-0.4, -0.2) is 65.6 Å². The minimum atomic E-state index is -5.08. The van der Waals surface area contributed by atoms with E-state index in [1.165, 1.54) is 17.3 Å². The van der Waals surface area contributed by atoms with E-state index in [0.29, 0.717) is 11.5 Å². The molecule has 1 aliphatic heterocycles. The molecule has 1 aliphatic carbocycles. The predicted molar refractivity (Wildman–Crippen MR) is 155 cm³/mol. The third kappa shape index (κ3) is 7.67. The first-order valence-corrected chi connectivity index (χ1v) is 14.2. The number of carbonyl (C=O) groups is 2. The zero-order valence-electron chi connectivity index (χ0n) is 25.0. The Bertz CT molecular complexity index is 1510. The molecule has 244 valence electrons. The Balaban J connectivity index is 0.000000591. The lowest BCUT2D eigenvalue weighted by Crippen LogP contribution is -2.52. The molecular weight excluding hydrogens is 603 g/mol. The van der Waals surface area contributed by atoms with Crippen molar-refractivity contribution in [3.8, 4) is 11.5 Å². The number of halogens is 5. The first kappa shape index (κ1) is 33.6. The van der Waals surface area contributed by atoms with Crippen molar-refractivity contribution in [2.45, 2.75) is 55.9 Å². The first-order valence-electron chi connectivity index (χ1n) is 14.2. The standard InChI is InChI=1S/C29H34F2N4O3.C2HF3O2/c1-34-13-4-5-22(34)18-35-14-12-29(19-6-9-25(37-2)26(15-19)38-3)11-10-21(17-27(29)35)33-28(36)32-20-7-8-23(30)24(31)16-20;3-2(4,5)1(6)7/h4-9,13,15-16,21,27H,10-12,14,17-18H2,1-3H3,(H2,32,33,36);(H,6,7). The molecule has 2 heterocycles. The monoisotopic (exact) mass is 638 g/mol. The van der Waals surface area contributed by atoms with Gasteiger partial charge in [-0.1, -0.05) is 6.07 Å². The van der Waals surface area contributed by atoms with Gasteiger partial charge in [-0.25, -0.2) is 18.4 Å². The number of benzene rings is 2. The molecule has 3 atom stereocenters. The van der Waals surface area contributed by atoms with Gasteiger partial charge in [0.25, 0.3) is 0 Å². The molecule has 2 amide bonds. The van der Waals surface area contributed by atoms with Crippen molar-refractivity contribution in [3.63, 3.8) is 0 Å². The summed E-state index contributed by atoms with van der Waals surface area (Å²) in [6.07, 6.45) is 0.442. The number of nitrogens with zero attached hydrogens (tertiary/aromatic N) is 2. The van der Waals surface area contributed by atoms with Crippen LogP contribution in [-0.2, 0) is 23.8 Å². The van der Waals surface area contributed by atoms with Crippen LogP contribution in [0.4, 0.5) is 32.4 Å². The van der Waals surface area contributed by atoms with E-state index >= 15 is 0 Å². The number of aryl methyl sites for hydroxylation is 1. The molecule has 45 heavy (non-hydrogen) atoms. The molecule has 0 spiro atoms. The van der Waals surface area contributed by atoms with Crippen LogP contribution < -0.4 is 20.1 Å². The molecule has 3 unspecified atom stereocenters. The fourth-order valence-electron chi connectivity index (χ4n) is 6.24. The molecule has 3 N–H and O–H groups in total. The van der Waals surface area contributed by atoms with Gasteiger partial charge in [-0.3, -0.25) is 4.90 Å². The van der Waals surface area contributed by atoms with Crippen LogP contribution in [0.25, 0.3) is 0 Å². The van der Waals surface area contributed by atoms with Gasteiger partial charge in [-0.15, -0.1) is 0 Å². The van der Waals surface area contributed by atoms with Crippen molar-refractivity contribution in [3.05, 3.63) is 77.6 Å². The lowest BCUT2D eigenvalue weighted by atomic mass is 9.65. The van der Waals surface area contributed by atoms with E-state index in [9.17, 15) is 26.7 Å². The average molecular weight is 639 g/mol. The number of likely N-dealkylation sites (tertiary alicyclic amines) is 1. The molecule has 0 radical (unpaired) electrons. The lowest BCUT2D eigenvalue weighted by molar-refractivity contribution is -0.192. The minimum Gasteiger partial charge on any atom is -0.493 e. The molecule has 5 rings (SSSR count). The third-order valence-corrected chi connectivity index (χ3v) is 8.50. The molecule has 9 nitrogen and oxygen atoms in total. The molecule has 14 heteroatoms. The van der Waals surface area contributed by atoms with Crippen LogP contribution in [0.2, 0.25) is 0 Å². The largest absolute Gasteiger partial charge is 0.493 e. The molecule has 2 fully saturated rings. The molecule has 3 aromatic rings. The van der Waals surface area contributed by atoms with Crippen LogP contribution in [0.15, 0.2) is 54.7 Å². The first-order chi connectivity index (χ1) is 21.3. The fourth-order valence-corrected chi connectivity index (χ4v) is 6.24. The second kappa shape index (κ2) is 13.8. The number of carboxylic acids is 1. The van der Waals surface area contributed by atoms with E-state index in [1.807, 2.05) is 6.07 Å². The summed E-state index contributed by atoms with van der Waals surface area (Å²) in [5, 5.41) is 12.8. The van der Waals surface area contributed by atoms with Crippen LogP contribution in [0.3, 0.4) is 0 Å². The maximum atomic E-state index is 13.6. The number of hydrogen-bond donors (Lipinski definition) is 3. The summed E-state index contributed by atoms with van der Waals surface area (Å²) in [6.45, 7) is 1.76. The smallest absolute Gasteiger partial charge is 0.490 e. The Morgan fingerprint density at radius 2 is 1.73 bits per heavy atom. The number of nitrogens with one attached hydrogen (secondary N) is 2. The van der Waals surface area contributed by atoms with Gasteiger partial charge in [0.15, 0.2) is 23.1 Å². The number of fused-ring (bicyclic) bond motifs is 1. The number of ether oxygens (including phenoxy) is 2. The van der Waals surface area contributed by atoms with Gasteiger partial charge >= 0.3 is 18.2 Å². The summed E-state index contributed by atoms with van der Waals surface area (Å²) in [4.78, 5) is 24.2. The number of rotatable bonds is 7. The number of alkyl halides is 3. The summed E-state index contributed by atoms with van der Waals surface area (Å²) < 4.78 is 71.9. The second-order valence-electron chi connectivity index (χ2n) is 11.1. The highest BCUT2D eigenvalue weighted by Crippen LogP contribution is 2.50. The number of anilines is 1. The number of aliphatic carboxylic acids is 1. The van der Waals surface area contributed by atoms with E-state index in [-0.39, 0.29) is 23.2 Å². The normalized spacial score (nSPS) is 21.2. The SMILES string of the molecule is COc1ccc(C23CCC(NC(=O)Nc4ccc(F)c(F)c4)CC2N(Cc2cccn2C)CC3)cc1OC.O=C(O)C(F)(F)F. The highest BCUT2D eigenvalue weighted by Gasteiger charge is 2.52. The number of carboxylic acid groups (broad SMARTS) is 1. The minimum absolute atomic E-state index is 0.0624. The van der Waals surface area contributed by atoms with Crippen LogP contribution >= 0.6 is 0 Å². The van der Waals surface area contributed by atoms with Crippen LogP contribution in [0.1, 0.15) is 36.9 Å². The maximum Gasteiger partial charge on any atom is 0.490 e. The van der Waals surface area contributed by atoms with Crippen molar-refractivity contribution in [2.75, 3.05) is 26.1 Å². The summed E-state index contributed by atoms with van der Waals surface area (Å²) >= 11 is 0. The molecule has 1 aromatic heterocycles. The van der Waals surface area contributed by atoms with Crippen molar-refractivity contribution < 1.29 is 46.1 Å². The zero-order chi connectivity index (χ0) is 32.9. The van der Waals surface area contributed by atoms with E-state index < -0.39 is 29.8 Å². The summed E-state index contributed by atoms with van der Waals surface area (Å²) in [6, 6.07) is 13.5. The average Bonchev–Trinajstić information content (AvgIpc) is 3.57. The molecular formula is C31H35F5N4O5. The maximum absolute atomic E-state index is 13.6. The van der Waals surface area contributed by atoms with Crippen molar-refractivity contribution in [1.82, 2.24) is 14.8 Å². The van der Waals surface area contributed by atoms with Crippen molar-refractivity contribution >= 4 is 17.7 Å². The molecule has 2 aromatic carbocycles. The summed E-state index contributed by atoms with van der Waals surface area (Å²) in [7, 11) is 5.35. The van der Waals surface area contributed by atoms with Crippen molar-refractivity contribution in [2.24, 2.45) is 7.05 Å². The topological polar surface area (TPSA) is 105 Å². The van der Waals surface area contributed by atoms with Gasteiger partial charge in [-0.05, 0) is 74.2 Å². The van der Waals surface area contributed by atoms with Gasteiger partial charge in [-0.2, -0.15) is 13.2 Å². The quantitative estimate of drug-likeness (QED) is 0.281. The Kier molecular flexibility index (Phi) is 10.3. The molecule has 0 bridgehead atoms. The third-order valence-electron chi connectivity index (χ3n) is 8.50. The van der Waals surface area contributed by atoms with E-state index in [2.05, 4.69) is 57.6 Å². The van der Waals surface area contributed by atoms with E-state index in [0.717, 1.165) is 50.9 Å². The molecule has 2 aliphatic rings. The van der Waals surface area contributed by atoms with Gasteiger partial charge in [0.1, 0.15) is 0 Å². The summed E-state index contributed by atoms with van der Waals surface area (Å²) in [5.41, 5.74) is 2.58. The van der Waals surface area contributed by atoms with Gasteiger partial charge in [0.2, 0.25) is 0 Å². The predicted octanol–water partition coefficient (Wildman–Crippen LogP) is 5.84. The van der Waals surface area contributed by atoms with Crippen molar-refractivity contribution in [1.29, 1.82) is 0 Å². The number of aromatic nitrogens is 1. The van der Waals surface area contributed by atoms with Gasteiger partial charge < -0.3 is 29.8 Å². The number of methoxy groups -OCH3 is 2. The second-order valence-corrected chi connectivity index (χ2v) is 11.1. The zero-order valence-corrected chi connectivity index (χ0v) is 25.0. The Labute approximate surface area is 256 Å². The van der Waals surface area contributed by atoms with E-state index in [4.69, 9.17) is 19.4 Å². The van der Waals surface area contributed by atoms with Gasteiger partial charge in [0, 0.05) is 54.7 Å². The Morgan fingerprint density at radius 3 is 2.33 bits per heavy atom. The summed E-state index contributed by atoms with van der Waals surface area (Å²) in [5.74, 6) is -3.29. The van der Waals surface area contributed by atoms with E-state index in [1.54, 1.807) is 14.2 Å². The number of carbonyl (C=O) groups excluding carboxylic acids is 1. The number of hydrogen-bond acceptors (Lipinski definition) is 5. The highest BCUT2D eigenvalue weighted by atomic mass is 19.4. The Hall–Kier alpha value is -4.33. The molecule has 1 saturated carbocycles. The van der Waals surface area contributed by atoms with Gasteiger partial charge in [0.05, 0.1) is 14.2 Å². The number of amides is 2. The van der Waals surface area contributed by atoms with Crippen LogP contribution in [0.5, 0.6) is 11.5 Å². The lowest BCUT2D eigenvalue weighted by Gasteiger charge is -2.45.